The highest BCUT2D eigenvalue weighted by molar-refractivity contribution is 6.19. The van der Waals surface area contributed by atoms with Crippen LogP contribution in [0.5, 0.6) is 0 Å². The van der Waals surface area contributed by atoms with E-state index in [9.17, 15) is 0 Å². The summed E-state index contributed by atoms with van der Waals surface area (Å²) in [7, 11) is 0. The molecule has 10 rings (SSSR count). The van der Waals surface area contributed by atoms with Crippen molar-refractivity contribution >= 4 is 49.6 Å². The van der Waals surface area contributed by atoms with Crippen molar-refractivity contribution in [3.8, 4) is 39.1 Å². The van der Waals surface area contributed by atoms with Crippen molar-refractivity contribution in [1.29, 1.82) is 0 Å². The van der Waals surface area contributed by atoms with Gasteiger partial charge in [0.2, 0.25) is 0 Å². The zero-order valence-electron chi connectivity index (χ0n) is 29.7. The summed E-state index contributed by atoms with van der Waals surface area (Å²) in [5.74, 6) is 0. The van der Waals surface area contributed by atoms with Crippen LogP contribution in [0.1, 0.15) is 0 Å². The van der Waals surface area contributed by atoms with Gasteiger partial charge >= 0.3 is 0 Å². The highest BCUT2D eigenvalue weighted by Gasteiger charge is 2.18. The highest BCUT2D eigenvalue weighted by atomic mass is 15.1. The first-order chi connectivity index (χ1) is 26.8. The Morgan fingerprint density at radius 2 is 0.796 bits per heavy atom. The molecule has 54 heavy (non-hydrogen) atoms. The molecule has 2 heteroatoms. The number of anilines is 3. The van der Waals surface area contributed by atoms with Crippen LogP contribution in [-0.4, -0.2) is 4.57 Å². The Kier molecular flexibility index (Phi) is 7.85. The quantitative estimate of drug-likeness (QED) is 0.162. The van der Waals surface area contributed by atoms with Crippen LogP contribution < -0.4 is 4.90 Å². The van der Waals surface area contributed by atoms with Crippen LogP contribution in [0.25, 0.3) is 71.6 Å². The molecule has 1 aromatic heterocycles. The summed E-state index contributed by atoms with van der Waals surface area (Å²) in [4.78, 5) is 2.36. The fourth-order valence-corrected chi connectivity index (χ4v) is 7.94. The second kappa shape index (κ2) is 13.4. The van der Waals surface area contributed by atoms with E-state index in [4.69, 9.17) is 0 Å². The van der Waals surface area contributed by atoms with Crippen molar-refractivity contribution in [2.45, 2.75) is 0 Å². The Balaban J connectivity index is 1.11. The molecule has 0 unspecified atom stereocenters. The van der Waals surface area contributed by atoms with E-state index >= 15 is 0 Å². The maximum Gasteiger partial charge on any atom is 0.0619 e. The lowest BCUT2D eigenvalue weighted by Gasteiger charge is -2.26. The minimum absolute atomic E-state index is 1.10. The third kappa shape index (κ3) is 5.62. The third-order valence-electron chi connectivity index (χ3n) is 10.6. The SMILES string of the molecule is c1ccc(-c2ccc(N(c3ccc(-c4ccccc4)cc3)c3cccc(-c4ccc5c6ccc7ccccc7c6n(-c6ccccc6)c5c4)c3)cc2)cc1. The Morgan fingerprint density at radius 1 is 0.296 bits per heavy atom. The second-order valence-corrected chi connectivity index (χ2v) is 13.8. The fourth-order valence-electron chi connectivity index (χ4n) is 7.94. The van der Waals surface area contributed by atoms with Gasteiger partial charge in [0.25, 0.3) is 0 Å². The number of rotatable bonds is 7. The molecule has 10 aromatic rings. The predicted octanol–water partition coefficient (Wildman–Crippen LogP) is 14.4. The van der Waals surface area contributed by atoms with Crippen LogP contribution >= 0.6 is 0 Å². The zero-order valence-corrected chi connectivity index (χ0v) is 29.7. The summed E-state index contributed by atoms with van der Waals surface area (Å²) in [5.41, 5.74) is 14.0. The summed E-state index contributed by atoms with van der Waals surface area (Å²) in [6, 6.07) is 78.8. The Morgan fingerprint density at radius 3 is 1.44 bits per heavy atom. The van der Waals surface area contributed by atoms with Crippen LogP contribution in [0.2, 0.25) is 0 Å². The molecule has 0 aliphatic rings. The summed E-state index contributed by atoms with van der Waals surface area (Å²) in [6.45, 7) is 0. The third-order valence-corrected chi connectivity index (χ3v) is 10.6. The van der Waals surface area contributed by atoms with Gasteiger partial charge in [0.05, 0.1) is 11.0 Å². The molecule has 0 spiro atoms. The van der Waals surface area contributed by atoms with Crippen molar-refractivity contribution < 1.29 is 0 Å². The van der Waals surface area contributed by atoms with Gasteiger partial charge in [0.15, 0.2) is 0 Å². The molecule has 0 saturated carbocycles. The molecule has 0 atom stereocenters. The van der Waals surface area contributed by atoms with Gasteiger partial charge in [-0.25, -0.2) is 0 Å². The van der Waals surface area contributed by atoms with Crippen molar-refractivity contribution in [3.05, 3.63) is 218 Å². The molecule has 9 aromatic carbocycles. The van der Waals surface area contributed by atoms with Crippen LogP contribution in [0.3, 0.4) is 0 Å². The standard InChI is InChI=1S/C52H36N2/c1-4-13-37(14-5-1)39-23-29-45(30-24-39)53(46-31-25-40(26-32-46)38-15-6-2-7-16-38)47-21-12-18-42(35-47)43-28-33-49-50-34-27-41-17-10-11-22-48(41)52(50)54(51(49)36-43)44-19-8-3-9-20-44/h1-36H. The van der Waals surface area contributed by atoms with Gasteiger partial charge in [0.1, 0.15) is 0 Å². The van der Waals surface area contributed by atoms with Gasteiger partial charge in [-0.15, -0.1) is 0 Å². The largest absolute Gasteiger partial charge is 0.310 e. The van der Waals surface area contributed by atoms with Gasteiger partial charge in [-0.2, -0.15) is 0 Å². The molecule has 0 aliphatic heterocycles. The molecule has 0 amide bonds. The van der Waals surface area contributed by atoms with E-state index < -0.39 is 0 Å². The van der Waals surface area contributed by atoms with Gasteiger partial charge in [-0.3, -0.25) is 0 Å². The number of hydrogen-bond donors (Lipinski definition) is 0. The van der Waals surface area contributed by atoms with E-state index in [0.29, 0.717) is 0 Å². The topological polar surface area (TPSA) is 8.17 Å². The van der Waals surface area contributed by atoms with Gasteiger partial charge < -0.3 is 9.47 Å². The highest BCUT2D eigenvalue weighted by Crippen LogP contribution is 2.41. The molecule has 2 nitrogen and oxygen atoms in total. The number of aromatic nitrogens is 1. The molecule has 0 aliphatic carbocycles. The van der Waals surface area contributed by atoms with Crippen molar-refractivity contribution in [2.75, 3.05) is 4.90 Å². The smallest absolute Gasteiger partial charge is 0.0619 e. The molecule has 1 heterocycles. The lowest BCUT2D eigenvalue weighted by Crippen LogP contribution is -2.10. The van der Waals surface area contributed by atoms with Crippen LogP contribution in [0.15, 0.2) is 218 Å². The van der Waals surface area contributed by atoms with E-state index in [0.717, 1.165) is 28.3 Å². The summed E-state index contributed by atoms with van der Waals surface area (Å²) >= 11 is 0. The van der Waals surface area contributed by atoms with Gasteiger partial charge in [0, 0.05) is 38.9 Å². The van der Waals surface area contributed by atoms with Crippen LogP contribution in [-0.2, 0) is 0 Å². The predicted molar refractivity (Wildman–Crippen MR) is 229 cm³/mol. The average molecular weight is 689 g/mol. The Labute approximate surface area is 315 Å². The first-order valence-corrected chi connectivity index (χ1v) is 18.5. The van der Waals surface area contributed by atoms with E-state index in [-0.39, 0.29) is 0 Å². The van der Waals surface area contributed by atoms with Gasteiger partial charge in [-0.05, 0) is 93.4 Å². The minimum Gasteiger partial charge on any atom is -0.310 e. The van der Waals surface area contributed by atoms with Crippen molar-refractivity contribution in [2.24, 2.45) is 0 Å². The molecular formula is C52H36N2. The van der Waals surface area contributed by atoms with E-state index in [1.807, 2.05) is 0 Å². The van der Waals surface area contributed by atoms with Crippen molar-refractivity contribution in [3.63, 3.8) is 0 Å². The number of hydrogen-bond acceptors (Lipinski definition) is 1. The second-order valence-electron chi connectivity index (χ2n) is 13.8. The molecule has 0 saturated heterocycles. The number of fused-ring (bicyclic) bond motifs is 5. The Hall–Kier alpha value is -7.16. The molecule has 0 N–H and O–H groups in total. The molecule has 0 radical (unpaired) electrons. The van der Waals surface area contributed by atoms with E-state index in [1.165, 1.54) is 60.4 Å². The monoisotopic (exact) mass is 688 g/mol. The molecule has 0 fully saturated rings. The fraction of sp³-hybridized carbons (Fsp3) is 0. The van der Waals surface area contributed by atoms with Gasteiger partial charge in [-0.1, -0.05) is 164 Å². The maximum atomic E-state index is 2.44. The first-order valence-electron chi connectivity index (χ1n) is 18.5. The molecular weight excluding hydrogens is 653 g/mol. The van der Waals surface area contributed by atoms with E-state index in [2.05, 4.69) is 228 Å². The van der Waals surface area contributed by atoms with Crippen LogP contribution in [0.4, 0.5) is 17.1 Å². The summed E-state index contributed by atoms with van der Waals surface area (Å²) < 4.78 is 2.44. The lowest BCUT2D eigenvalue weighted by molar-refractivity contribution is 1.19. The van der Waals surface area contributed by atoms with Crippen LogP contribution in [0, 0.1) is 0 Å². The lowest BCUT2D eigenvalue weighted by atomic mass is 10.0. The maximum absolute atomic E-state index is 2.44. The number of benzene rings is 9. The summed E-state index contributed by atoms with van der Waals surface area (Å²) in [5, 5.41) is 5.01. The number of para-hydroxylation sites is 1. The van der Waals surface area contributed by atoms with Crippen molar-refractivity contribution in [1.82, 2.24) is 4.57 Å². The summed E-state index contributed by atoms with van der Waals surface area (Å²) in [6.07, 6.45) is 0. The zero-order chi connectivity index (χ0) is 35.8. The molecule has 254 valence electrons. The average Bonchev–Trinajstić information content (AvgIpc) is 3.60. The normalized spacial score (nSPS) is 11.3. The molecule has 0 bridgehead atoms. The van der Waals surface area contributed by atoms with E-state index in [1.54, 1.807) is 0 Å². The number of nitrogens with zero attached hydrogens (tertiary/aromatic N) is 2. The first kappa shape index (κ1) is 31.6. The minimum atomic E-state index is 1.10. The Bertz CT molecular complexity index is 2810.